The van der Waals surface area contributed by atoms with Gasteiger partial charge in [0.1, 0.15) is 5.82 Å². The molecule has 1 aromatic heterocycles. The molecule has 15 heavy (non-hydrogen) atoms. The molecular formula is C10H6ClFN2O. The predicted molar refractivity (Wildman–Crippen MR) is 55.3 cm³/mol. The summed E-state index contributed by atoms with van der Waals surface area (Å²) < 4.78 is 13.4. The Kier molecular flexibility index (Phi) is 2.51. The molecule has 1 heterocycles. The molecule has 0 aliphatic rings. The summed E-state index contributed by atoms with van der Waals surface area (Å²) >= 11 is 5.84. The molecule has 0 amide bonds. The fraction of sp³-hybridized carbons (Fsp3) is 0. The van der Waals surface area contributed by atoms with Crippen LogP contribution in [0.3, 0.4) is 0 Å². The van der Waals surface area contributed by atoms with E-state index in [1.165, 1.54) is 24.5 Å². The zero-order chi connectivity index (χ0) is 10.8. The van der Waals surface area contributed by atoms with E-state index in [4.69, 9.17) is 11.6 Å². The van der Waals surface area contributed by atoms with Crippen molar-refractivity contribution in [2.24, 2.45) is 0 Å². The van der Waals surface area contributed by atoms with Gasteiger partial charge in [-0.1, -0.05) is 17.7 Å². The number of H-pyrrole nitrogens is 1. The Morgan fingerprint density at radius 2 is 2.20 bits per heavy atom. The van der Waals surface area contributed by atoms with Gasteiger partial charge in [-0.15, -0.1) is 0 Å². The summed E-state index contributed by atoms with van der Waals surface area (Å²) in [5, 5.41) is 0.281. The first-order chi connectivity index (χ1) is 7.18. The smallest absolute Gasteiger partial charge is 0.312 e. The number of aromatic nitrogens is 2. The molecule has 0 atom stereocenters. The first-order valence-electron chi connectivity index (χ1n) is 4.17. The summed E-state index contributed by atoms with van der Waals surface area (Å²) in [6.07, 6.45) is 2.66. The molecule has 3 nitrogen and oxygen atoms in total. The summed E-state index contributed by atoms with van der Waals surface area (Å²) in [6, 6.07) is 4.39. The van der Waals surface area contributed by atoms with Crippen LogP contribution in [-0.4, -0.2) is 9.97 Å². The highest BCUT2D eigenvalue weighted by Crippen LogP contribution is 2.28. The van der Waals surface area contributed by atoms with Crippen LogP contribution in [-0.2, 0) is 0 Å². The van der Waals surface area contributed by atoms with E-state index in [1.54, 1.807) is 6.07 Å². The van der Waals surface area contributed by atoms with Gasteiger partial charge in [-0.2, -0.15) is 0 Å². The van der Waals surface area contributed by atoms with E-state index in [0.29, 0.717) is 5.56 Å². The van der Waals surface area contributed by atoms with Crippen molar-refractivity contribution in [3.05, 3.63) is 51.9 Å². The summed E-state index contributed by atoms with van der Waals surface area (Å²) in [5.41, 5.74) is 0.201. The van der Waals surface area contributed by atoms with Crippen LogP contribution in [0.4, 0.5) is 4.39 Å². The first kappa shape index (κ1) is 9.86. The lowest BCUT2D eigenvalue weighted by atomic mass is 10.1. The third-order valence-electron chi connectivity index (χ3n) is 1.92. The SMILES string of the molecule is O=c1ncc(-c2c(F)cccc2Cl)c[nH]1. The van der Waals surface area contributed by atoms with Gasteiger partial charge in [0, 0.05) is 23.5 Å². The minimum Gasteiger partial charge on any atom is -0.312 e. The number of nitrogens with zero attached hydrogens (tertiary/aromatic N) is 1. The molecule has 0 aliphatic carbocycles. The second-order valence-corrected chi connectivity index (χ2v) is 3.31. The van der Waals surface area contributed by atoms with Crippen molar-refractivity contribution >= 4 is 11.6 Å². The van der Waals surface area contributed by atoms with Crippen molar-refractivity contribution in [1.82, 2.24) is 9.97 Å². The molecule has 0 unspecified atom stereocenters. The van der Waals surface area contributed by atoms with Crippen molar-refractivity contribution in [3.8, 4) is 11.1 Å². The predicted octanol–water partition coefficient (Wildman–Crippen LogP) is 2.23. The largest absolute Gasteiger partial charge is 0.344 e. The Morgan fingerprint density at radius 1 is 1.40 bits per heavy atom. The van der Waals surface area contributed by atoms with Gasteiger partial charge < -0.3 is 4.98 Å². The molecule has 0 fully saturated rings. The highest BCUT2D eigenvalue weighted by atomic mass is 35.5. The Morgan fingerprint density at radius 3 is 2.80 bits per heavy atom. The van der Waals surface area contributed by atoms with Gasteiger partial charge in [0.2, 0.25) is 0 Å². The normalized spacial score (nSPS) is 10.3. The second kappa shape index (κ2) is 3.82. The van der Waals surface area contributed by atoms with Crippen LogP contribution in [0.25, 0.3) is 11.1 Å². The summed E-state index contributed by atoms with van der Waals surface area (Å²) in [4.78, 5) is 16.6. The number of hydrogen-bond donors (Lipinski definition) is 1. The highest BCUT2D eigenvalue weighted by molar-refractivity contribution is 6.33. The summed E-state index contributed by atoms with van der Waals surface area (Å²) in [6.45, 7) is 0. The topological polar surface area (TPSA) is 45.8 Å². The fourth-order valence-electron chi connectivity index (χ4n) is 1.25. The zero-order valence-corrected chi connectivity index (χ0v) is 8.25. The molecule has 76 valence electrons. The van der Waals surface area contributed by atoms with E-state index in [0.717, 1.165) is 0 Å². The van der Waals surface area contributed by atoms with Crippen molar-refractivity contribution in [2.45, 2.75) is 0 Å². The third-order valence-corrected chi connectivity index (χ3v) is 2.24. The van der Waals surface area contributed by atoms with Crippen LogP contribution in [0.5, 0.6) is 0 Å². The molecule has 1 aromatic carbocycles. The lowest BCUT2D eigenvalue weighted by molar-refractivity contribution is 0.631. The molecule has 0 saturated heterocycles. The molecule has 0 radical (unpaired) electrons. The number of nitrogens with one attached hydrogen (secondary N) is 1. The minimum absolute atomic E-state index is 0.239. The van der Waals surface area contributed by atoms with E-state index in [1.807, 2.05) is 0 Å². The maximum atomic E-state index is 13.4. The van der Waals surface area contributed by atoms with Gasteiger partial charge in [0.15, 0.2) is 0 Å². The maximum absolute atomic E-state index is 13.4. The number of hydrogen-bond acceptors (Lipinski definition) is 2. The number of benzene rings is 1. The van der Waals surface area contributed by atoms with Crippen LogP contribution < -0.4 is 5.69 Å². The standard InChI is InChI=1S/C10H6ClFN2O/c11-7-2-1-3-8(12)9(7)6-4-13-10(15)14-5-6/h1-5H,(H,13,14,15). The molecule has 2 rings (SSSR count). The Balaban J connectivity index is 2.63. The lowest BCUT2D eigenvalue weighted by Gasteiger charge is -2.04. The first-order valence-corrected chi connectivity index (χ1v) is 4.55. The van der Waals surface area contributed by atoms with Crippen LogP contribution in [0.1, 0.15) is 0 Å². The van der Waals surface area contributed by atoms with Gasteiger partial charge in [-0.3, -0.25) is 0 Å². The minimum atomic E-state index is -0.480. The van der Waals surface area contributed by atoms with Crippen LogP contribution >= 0.6 is 11.6 Å². The highest BCUT2D eigenvalue weighted by Gasteiger charge is 2.09. The van der Waals surface area contributed by atoms with Gasteiger partial charge in [0.25, 0.3) is 0 Å². The summed E-state index contributed by atoms with van der Waals surface area (Å²) in [7, 11) is 0. The summed E-state index contributed by atoms with van der Waals surface area (Å²) in [5.74, 6) is -0.448. The molecule has 5 heteroatoms. The lowest BCUT2D eigenvalue weighted by Crippen LogP contribution is -2.08. The Bertz CT molecular complexity index is 513. The number of aromatic amines is 1. The van der Waals surface area contributed by atoms with E-state index >= 15 is 0 Å². The molecule has 2 aromatic rings. The average molecular weight is 225 g/mol. The molecule has 0 aliphatic heterocycles. The third kappa shape index (κ3) is 1.89. The van der Waals surface area contributed by atoms with Gasteiger partial charge in [-0.25, -0.2) is 14.2 Å². The number of halogens is 2. The van der Waals surface area contributed by atoms with E-state index in [9.17, 15) is 9.18 Å². The second-order valence-electron chi connectivity index (χ2n) is 2.90. The number of rotatable bonds is 1. The molecule has 0 saturated carbocycles. The van der Waals surface area contributed by atoms with Crippen LogP contribution in [0, 0.1) is 5.82 Å². The van der Waals surface area contributed by atoms with Crippen molar-refractivity contribution in [1.29, 1.82) is 0 Å². The van der Waals surface area contributed by atoms with Crippen molar-refractivity contribution in [2.75, 3.05) is 0 Å². The average Bonchev–Trinajstić information content (AvgIpc) is 2.20. The maximum Gasteiger partial charge on any atom is 0.344 e. The zero-order valence-electron chi connectivity index (χ0n) is 7.50. The van der Waals surface area contributed by atoms with Gasteiger partial charge >= 0.3 is 5.69 Å². The molecule has 0 bridgehead atoms. The van der Waals surface area contributed by atoms with Crippen LogP contribution in [0.2, 0.25) is 5.02 Å². The van der Waals surface area contributed by atoms with Crippen molar-refractivity contribution < 1.29 is 4.39 Å². The Labute approximate surface area is 89.6 Å². The quantitative estimate of drug-likeness (QED) is 0.808. The van der Waals surface area contributed by atoms with E-state index in [-0.39, 0.29) is 10.6 Å². The van der Waals surface area contributed by atoms with Gasteiger partial charge in [0.05, 0.1) is 5.02 Å². The molecule has 1 N–H and O–H groups in total. The molecular weight excluding hydrogens is 219 g/mol. The van der Waals surface area contributed by atoms with E-state index < -0.39 is 11.5 Å². The van der Waals surface area contributed by atoms with Crippen molar-refractivity contribution in [3.63, 3.8) is 0 Å². The van der Waals surface area contributed by atoms with Gasteiger partial charge in [-0.05, 0) is 12.1 Å². The Hall–Kier alpha value is -1.68. The fourth-order valence-corrected chi connectivity index (χ4v) is 1.52. The van der Waals surface area contributed by atoms with E-state index in [2.05, 4.69) is 9.97 Å². The monoisotopic (exact) mass is 224 g/mol. The molecule has 0 spiro atoms. The van der Waals surface area contributed by atoms with Crippen LogP contribution in [0.15, 0.2) is 35.4 Å².